The molecule has 1 fully saturated rings. The van der Waals surface area contributed by atoms with Crippen LogP contribution in [0.5, 0.6) is 11.5 Å². The van der Waals surface area contributed by atoms with Gasteiger partial charge in [0.1, 0.15) is 6.61 Å². The zero-order valence-electron chi connectivity index (χ0n) is 18.1. The lowest BCUT2D eigenvalue weighted by Gasteiger charge is -2.35. The number of nitrogens with zero attached hydrogens (tertiary/aromatic N) is 1. The Bertz CT molecular complexity index is 710. The van der Waals surface area contributed by atoms with Gasteiger partial charge in [0.15, 0.2) is 11.5 Å². The summed E-state index contributed by atoms with van der Waals surface area (Å²) in [7, 11) is 0. The lowest BCUT2D eigenvalue weighted by Crippen LogP contribution is -2.45. The van der Waals surface area contributed by atoms with Gasteiger partial charge in [-0.1, -0.05) is 56.2 Å². The van der Waals surface area contributed by atoms with Crippen molar-refractivity contribution in [3.63, 3.8) is 0 Å². The third kappa shape index (κ3) is 7.66. The highest BCUT2D eigenvalue weighted by Crippen LogP contribution is 2.35. The van der Waals surface area contributed by atoms with Crippen LogP contribution in [0.25, 0.3) is 0 Å². The SMILES string of the molecule is CCCC[C@@H](c1ccc(OCc2ccccc2)c(OCC)c1)N1CCNCC1.Cl.Cl. The first-order valence-corrected chi connectivity index (χ1v) is 10.7. The average molecular weight is 455 g/mol. The Balaban J connectivity index is 0.00000225. The summed E-state index contributed by atoms with van der Waals surface area (Å²) < 4.78 is 12.0. The molecule has 0 unspecified atom stereocenters. The van der Waals surface area contributed by atoms with Crippen LogP contribution in [0.15, 0.2) is 48.5 Å². The molecule has 1 saturated heterocycles. The summed E-state index contributed by atoms with van der Waals surface area (Å²) in [5.41, 5.74) is 2.50. The quantitative estimate of drug-likeness (QED) is 0.503. The molecular weight excluding hydrogens is 419 g/mol. The van der Waals surface area contributed by atoms with Gasteiger partial charge in [0.2, 0.25) is 0 Å². The van der Waals surface area contributed by atoms with Crippen LogP contribution in [0.1, 0.15) is 50.3 Å². The summed E-state index contributed by atoms with van der Waals surface area (Å²) in [6.07, 6.45) is 3.65. The molecule has 1 atom stereocenters. The second kappa shape index (κ2) is 14.5. The van der Waals surface area contributed by atoms with E-state index in [9.17, 15) is 0 Å². The van der Waals surface area contributed by atoms with E-state index in [1.54, 1.807) is 0 Å². The van der Waals surface area contributed by atoms with Crippen molar-refractivity contribution in [1.29, 1.82) is 0 Å². The highest BCUT2D eigenvalue weighted by Gasteiger charge is 2.23. The number of unbranched alkanes of at least 4 members (excludes halogenated alkanes) is 1. The van der Waals surface area contributed by atoms with E-state index in [0.717, 1.165) is 43.2 Å². The number of hydrogen-bond acceptors (Lipinski definition) is 4. The number of ether oxygens (including phenoxy) is 2. The number of piperazine rings is 1. The molecule has 0 aromatic heterocycles. The largest absolute Gasteiger partial charge is 0.490 e. The van der Waals surface area contributed by atoms with E-state index in [0.29, 0.717) is 19.3 Å². The van der Waals surface area contributed by atoms with Crippen molar-refractivity contribution >= 4 is 24.8 Å². The first kappa shape index (κ1) is 26.6. The molecule has 0 bridgehead atoms. The topological polar surface area (TPSA) is 33.7 Å². The Morgan fingerprint density at radius 2 is 1.67 bits per heavy atom. The molecular formula is C24H36Cl2N2O2. The molecule has 2 aromatic rings. The molecule has 6 heteroatoms. The average Bonchev–Trinajstić information content (AvgIpc) is 2.75. The van der Waals surface area contributed by atoms with E-state index in [1.807, 2.05) is 25.1 Å². The zero-order chi connectivity index (χ0) is 19.6. The van der Waals surface area contributed by atoms with Crippen molar-refractivity contribution in [3.05, 3.63) is 59.7 Å². The van der Waals surface area contributed by atoms with Gasteiger partial charge in [-0.3, -0.25) is 4.90 Å². The van der Waals surface area contributed by atoms with Crippen LogP contribution in [-0.4, -0.2) is 37.7 Å². The van der Waals surface area contributed by atoms with Gasteiger partial charge < -0.3 is 14.8 Å². The molecule has 1 aliphatic heterocycles. The fraction of sp³-hybridized carbons (Fsp3) is 0.500. The van der Waals surface area contributed by atoms with Crippen molar-refractivity contribution < 1.29 is 9.47 Å². The second-order valence-corrected chi connectivity index (χ2v) is 7.36. The molecule has 0 saturated carbocycles. The monoisotopic (exact) mass is 454 g/mol. The molecule has 30 heavy (non-hydrogen) atoms. The van der Waals surface area contributed by atoms with Gasteiger partial charge in [-0.05, 0) is 36.6 Å². The molecule has 1 heterocycles. The Morgan fingerprint density at radius 1 is 0.933 bits per heavy atom. The second-order valence-electron chi connectivity index (χ2n) is 7.36. The summed E-state index contributed by atoms with van der Waals surface area (Å²) >= 11 is 0. The van der Waals surface area contributed by atoms with Crippen LogP contribution < -0.4 is 14.8 Å². The van der Waals surface area contributed by atoms with Crippen LogP contribution >= 0.6 is 24.8 Å². The van der Waals surface area contributed by atoms with E-state index < -0.39 is 0 Å². The Kier molecular flexibility index (Phi) is 12.9. The Labute approximate surface area is 194 Å². The minimum absolute atomic E-state index is 0. The summed E-state index contributed by atoms with van der Waals surface area (Å²) in [5, 5.41) is 3.46. The summed E-state index contributed by atoms with van der Waals surface area (Å²) in [6, 6.07) is 17.2. The predicted octanol–water partition coefficient (Wildman–Crippen LogP) is 5.64. The summed E-state index contributed by atoms with van der Waals surface area (Å²) in [4.78, 5) is 2.61. The van der Waals surface area contributed by atoms with E-state index >= 15 is 0 Å². The summed E-state index contributed by atoms with van der Waals surface area (Å²) in [6.45, 7) is 9.82. The summed E-state index contributed by atoms with van der Waals surface area (Å²) in [5.74, 6) is 1.68. The first-order chi connectivity index (χ1) is 13.8. The molecule has 0 radical (unpaired) electrons. The third-order valence-corrected chi connectivity index (χ3v) is 5.31. The molecule has 4 nitrogen and oxygen atoms in total. The Hall–Kier alpha value is -1.46. The van der Waals surface area contributed by atoms with Gasteiger partial charge in [0.05, 0.1) is 6.61 Å². The normalized spacial score (nSPS) is 14.9. The van der Waals surface area contributed by atoms with Gasteiger partial charge >= 0.3 is 0 Å². The molecule has 3 rings (SSSR count). The smallest absolute Gasteiger partial charge is 0.161 e. The van der Waals surface area contributed by atoms with Gasteiger partial charge in [-0.2, -0.15) is 0 Å². The lowest BCUT2D eigenvalue weighted by atomic mass is 9.98. The van der Waals surface area contributed by atoms with Gasteiger partial charge in [-0.15, -0.1) is 24.8 Å². The number of nitrogens with one attached hydrogen (secondary N) is 1. The van der Waals surface area contributed by atoms with E-state index in [-0.39, 0.29) is 24.8 Å². The maximum absolute atomic E-state index is 6.09. The number of benzene rings is 2. The fourth-order valence-corrected chi connectivity index (χ4v) is 3.81. The van der Waals surface area contributed by atoms with Gasteiger partial charge in [0, 0.05) is 32.2 Å². The lowest BCUT2D eigenvalue weighted by molar-refractivity contribution is 0.162. The molecule has 0 spiro atoms. The third-order valence-electron chi connectivity index (χ3n) is 5.31. The fourth-order valence-electron chi connectivity index (χ4n) is 3.81. The van der Waals surface area contributed by atoms with Crippen LogP contribution in [0.4, 0.5) is 0 Å². The van der Waals surface area contributed by atoms with Crippen LogP contribution in [-0.2, 0) is 6.61 Å². The number of halogens is 2. The van der Waals surface area contributed by atoms with Crippen molar-refractivity contribution in [2.75, 3.05) is 32.8 Å². The van der Waals surface area contributed by atoms with Crippen LogP contribution in [0.2, 0.25) is 0 Å². The standard InChI is InChI=1S/C24H34N2O2.2ClH/c1-3-5-11-22(26-16-14-25-15-17-26)21-12-13-23(24(18-21)27-4-2)28-19-20-9-7-6-8-10-20;;/h6-10,12-13,18,22,25H,3-5,11,14-17,19H2,1-2H3;2*1H/t22-;;/m0../s1. The first-order valence-electron chi connectivity index (χ1n) is 10.7. The van der Waals surface area contributed by atoms with Crippen molar-refractivity contribution in [2.24, 2.45) is 0 Å². The predicted molar refractivity (Wildman–Crippen MR) is 130 cm³/mol. The number of hydrogen-bond donors (Lipinski definition) is 1. The maximum Gasteiger partial charge on any atom is 0.161 e. The van der Waals surface area contributed by atoms with Crippen molar-refractivity contribution in [2.45, 2.75) is 45.8 Å². The van der Waals surface area contributed by atoms with Crippen molar-refractivity contribution in [3.8, 4) is 11.5 Å². The minimum atomic E-state index is 0. The highest BCUT2D eigenvalue weighted by molar-refractivity contribution is 5.85. The van der Waals surface area contributed by atoms with E-state index in [4.69, 9.17) is 9.47 Å². The minimum Gasteiger partial charge on any atom is -0.490 e. The van der Waals surface area contributed by atoms with E-state index in [1.165, 1.54) is 24.8 Å². The molecule has 0 amide bonds. The van der Waals surface area contributed by atoms with Gasteiger partial charge in [-0.25, -0.2) is 0 Å². The molecule has 1 N–H and O–H groups in total. The zero-order valence-corrected chi connectivity index (χ0v) is 19.8. The van der Waals surface area contributed by atoms with Crippen LogP contribution in [0, 0.1) is 0 Å². The van der Waals surface area contributed by atoms with Gasteiger partial charge in [0.25, 0.3) is 0 Å². The Morgan fingerprint density at radius 3 is 2.33 bits per heavy atom. The van der Waals surface area contributed by atoms with Crippen LogP contribution in [0.3, 0.4) is 0 Å². The molecule has 0 aliphatic carbocycles. The molecule has 1 aliphatic rings. The molecule has 2 aromatic carbocycles. The molecule has 168 valence electrons. The van der Waals surface area contributed by atoms with E-state index in [2.05, 4.69) is 47.5 Å². The highest BCUT2D eigenvalue weighted by atomic mass is 35.5. The van der Waals surface area contributed by atoms with Crippen molar-refractivity contribution in [1.82, 2.24) is 10.2 Å². The maximum atomic E-state index is 6.09. The number of rotatable bonds is 10.